The Bertz CT molecular complexity index is 477. The summed E-state index contributed by atoms with van der Waals surface area (Å²) in [7, 11) is 3.74. The van der Waals surface area contributed by atoms with E-state index in [-0.39, 0.29) is 0 Å². The molecule has 0 radical (unpaired) electrons. The second-order valence-corrected chi connectivity index (χ2v) is 3.47. The lowest BCUT2D eigenvalue weighted by Gasteiger charge is -2.03. The number of fused-ring (bicyclic) bond motifs is 1. The van der Waals surface area contributed by atoms with E-state index in [2.05, 4.69) is 35.9 Å². The Balaban J connectivity index is 2.78. The largest absolute Gasteiger partial charge is 0.497 e. The highest BCUT2D eigenvalue weighted by Gasteiger charge is 2.07. The molecule has 1 aromatic heterocycles. The molecule has 0 saturated carbocycles. The third kappa shape index (κ3) is 1.33. The first kappa shape index (κ1) is 9.00. The van der Waals surface area contributed by atoms with Crippen LogP contribution in [0.25, 0.3) is 10.8 Å². The van der Waals surface area contributed by atoms with Crippen LogP contribution in [-0.4, -0.2) is 7.11 Å². The van der Waals surface area contributed by atoms with Crippen LogP contribution in [0, 0.1) is 6.92 Å². The molecule has 0 aliphatic rings. The molecule has 2 aromatic rings. The van der Waals surface area contributed by atoms with Crippen LogP contribution in [-0.2, 0) is 7.05 Å². The average Bonchev–Trinajstić information content (AvgIpc) is 2.23. The van der Waals surface area contributed by atoms with Gasteiger partial charge in [-0.2, -0.15) is 0 Å². The maximum atomic E-state index is 5.21. The van der Waals surface area contributed by atoms with Crippen molar-refractivity contribution in [2.24, 2.45) is 7.05 Å². The van der Waals surface area contributed by atoms with E-state index in [1.165, 1.54) is 16.5 Å². The highest BCUT2D eigenvalue weighted by molar-refractivity contribution is 5.84. The van der Waals surface area contributed by atoms with E-state index in [0.717, 1.165) is 5.75 Å². The number of aryl methyl sites for hydroxylation is 2. The molecule has 0 fully saturated rings. The number of nitrogens with zero attached hydrogens (tertiary/aromatic N) is 1. The van der Waals surface area contributed by atoms with Crippen LogP contribution in [0.4, 0.5) is 0 Å². The van der Waals surface area contributed by atoms with Crippen LogP contribution in [0.1, 0.15) is 5.69 Å². The minimum atomic E-state index is 0.909. The molecule has 2 rings (SSSR count). The van der Waals surface area contributed by atoms with Gasteiger partial charge in [0.05, 0.1) is 12.5 Å². The Morgan fingerprint density at radius 2 is 2.00 bits per heavy atom. The molecule has 1 aromatic carbocycles. The molecule has 0 N–H and O–H groups in total. The molecule has 0 unspecified atom stereocenters. The molecule has 1 heterocycles. The molecule has 2 nitrogen and oxygen atoms in total. The van der Waals surface area contributed by atoms with Crippen LogP contribution < -0.4 is 9.30 Å². The van der Waals surface area contributed by atoms with E-state index in [9.17, 15) is 0 Å². The summed E-state index contributed by atoms with van der Waals surface area (Å²) in [6, 6.07) is 8.26. The molecule has 0 atom stereocenters. The van der Waals surface area contributed by atoms with Gasteiger partial charge in [0, 0.05) is 13.0 Å². The number of hydrogen-bond donors (Lipinski definition) is 0. The smallest absolute Gasteiger partial charge is 0.185 e. The fourth-order valence-corrected chi connectivity index (χ4v) is 1.61. The summed E-state index contributed by atoms with van der Waals surface area (Å²) < 4.78 is 7.32. The number of aromatic nitrogens is 1. The van der Waals surface area contributed by atoms with E-state index < -0.39 is 0 Å². The molecule has 0 amide bonds. The van der Waals surface area contributed by atoms with Gasteiger partial charge in [-0.25, -0.2) is 4.57 Å². The monoisotopic (exact) mass is 188 g/mol. The first-order chi connectivity index (χ1) is 6.72. The van der Waals surface area contributed by atoms with Gasteiger partial charge >= 0.3 is 0 Å². The fraction of sp³-hybridized carbons (Fsp3) is 0.250. The van der Waals surface area contributed by atoms with Crippen molar-refractivity contribution >= 4 is 10.8 Å². The van der Waals surface area contributed by atoms with Gasteiger partial charge in [0.2, 0.25) is 0 Å². The summed E-state index contributed by atoms with van der Waals surface area (Å²) in [5, 5.41) is 2.50. The van der Waals surface area contributed by atoms with E-state index in [4.69, 9.17) is 4.74 Å². The molecule has 0 saturated heterocycles. The van der Waals surface area contributed by atoms with Gasteiger partial charge in [0.25, 0.3) is 0 Å². The average molecular weight is 188 g/mol. The first-order valence-corrected chi connectivity index (χ1v) is 4.65. The van der Waals surface area contributed by atoms with E-state index in [1.54, 1.807) is 7.11 Å². The molecule has 0 aliphatic carbocycles. The van der Waals surface area contributed by atoms with Crippen LogP contribution in [0.5, 0.6) is 5.75 Å². The molecule has 0 aliphatic heterocycles. The van der Waals surface area contributed by atoms with Gasteiger partial charge in [-0.05, 0) is 17.5 Å². The Morgan fingerprint density at radius 1 is 1.21 bits per heavy atom. The van der Waals surface area contributed by atoms with Crippen molar-refractivity contribution in [1.29, 1.82) is 0 Å². The molecule has 14 heavy (non-hydrogen) atoms. The lowest BCUT2D eigenvalue weighted by Crippen LogP contribution is -2.31. The molecular weight excluding hydrogens is 174 g/mol. The summed E-state index contributed by atoms with van der Waals surface area (Å²) >= 11 is 0. The van der Waals surface area contributed by atoms with Crippen molar-refractivity contribution in [3.8, 4) is 5.75 Å². The van der Waals surface area contributed by atoms with Crippen molar-refractivity contribution in [3.63, 3.8) is 0 Å². The molecule has 72 valence electrons. The third-order valence-corrected chi connectivity index (χ3v) is 2.66. The summed E-state index contributed by atoms with van der Waals surface area (Å²) in [6.45, 7) is 2.11. The first-order valence-electron chi connectivity index (χ1n) is 4.65. The molecule has 0 spiro atoms. The Hall–Kier alpha value is -1.57. The van der Waals surface area contributed by atoms with Crippen molar-refractivity contribution in [3.05, 3.63) is 36.2 Å². The summed E-state index contributed by atoms with van der Waals surface area (Å²) in [4.78, 5) is 0. The van der Waals surface area contributed by atoms with Crippen molar-refractivity contribution in [2.45, 2.75) is 6.92 Å². The number of methoxy groups -OCH3 is 1. The molecule has 2 heteroatoms. The Kier molecular flexibility index (Phi) is 2.12. The van der Waals surface area contributed by atoms with Crippen molar-refractivity contribution in [2.75, 3.05) is 7.11 Å². The summed E-state index contributed by atoms with van der Waals surface area (Å²) in [5.41, 5.74) is 1.25. The van der Waals surface area contributed by atoms with Gasteiger partial charge in [-0.15, -0.1) is 0 Å². The van der Waals surface area contributed by atoms with Crippen molar-refractivity contribution in [1.82, 2.24) is 0 Å². The highest BCUT2D eigenvalue weighted by atomic mass is 16.5. The zero-order valence-corrected chi connectivity index (χ0v) is 8.74. The summed E-state index contributed by atoms with van der Waals surface area (Å²) in [6.07, 6.45) is 2.07. The molecular formula is C12H14NO+. The standard InChI is InChI=1S/C12H14NO/c1-9-12-8-11(14-3)5-4-10(12)6-7-13(9)2/h4-8H,1-3H3/q+1. The number of rotatable bonds is 1. The van der Waals surface area contributed by atoms with Gasteiger partial charge in [-0.3, -0.25) is 0 Å². The zero-order valence-electron chi connectivity index (χ0n) is 8.74. The molecule has 0 bridgehead atoms. The van der Waals surface area contributed by atoms with E-state index in [1.807, 2.05) is 13.1 Å². The predicted octanol–water partition coefficient (Wildman–Crippen LogP) is 1.98. The minimum Gasteiger partial charge on any atom is -0.497 e. The predicted molar refractivity (Wildman–Crippen MR) is 56.4 cm³/mol. The van der Waals surface area contributed by atoms with Gasteiger partial charge < -0.3 is 4.74 Å². The van der Waals surface area contributed by atoms with Crippen molar-refractivity contribution < 1.29 is 9.30 Å². The van der Waals surface area contributed by atoms with Crippen LogP contribution in [0.3, 0.4) is 0 Å². The lowest BCUT2D eigenvalue weighted by atomic mass is 10.1. The maximum absolute atomic E-state index is 5.21. The normalized spacial score (nSPS) is 10.5. The number of ether oxygens (including phenoxy) is 1. The van der Waals surface area contributed by atoms with Crippen LogP contribution in [0.2, 0.25) is 0 Å². The van der Waals surface area contributed by atoms with Gasteiger partial charge in [0.15, 0.2) is 11.9 Å². The van der Waals surface area contributed by atoms with Gasteiger partial charge in [0.1, 0.15) is 12.8 Å². The van der Waals surface area contributed by atoms with E-state index >= 15 is 0 Å². The number of pyridine rings is 1. The topological polar surface area (TPSA) is 13.1 Å². The Labute approximate surface area is 83.8 Å². The minimum absolute atomic E-state index is 0.909. The fourth-order valence-electron chi connectivity index (χ4n) is 1.61. The summed E-state index contributed by atoms with van der Waals surface area (Å²) in [5.74, 6) is 0.909. The quantitative estimate of drug-likeness (QED) is 0.624. The highest BCUT2D eigenvalue weighted by Crippen LogP contribution is 2.21. The second-order valence-electron chi connectivity index (χ2n) is 3.47. The Morgan fingerprint density at radius 3 is 2.71 bits per heavy atom. The SMILES string of the molecule is COc1ccc2cc[n+](C)c(C)c2c1. The maximum Gasteiger partial charge on any atom is 0.185 e. The van der Waals surface area contributed by atoms with Crippen LogP contribution >= 0.6 is 0 Å². The van der Waals surface area contributed by atoms with Gasteiger partial charge in [-0.1, -0.05) is 6.07 Å². The van der Waals surface area contributed by atoms with Crippen LogP contribution in [0.15, 0.2) is 30.5 Å². The lowest BCUT2D eigenvalue weighted by molar-refractivity contribution is -0.676. The second kappa shape index (κ2) is 3.29. The number of hydrogen-bond acceptors (Lipinski definition) is 1. The zero-order chi connectivity index (χ0) is 10.1. The third-order valence-electron chi connectivity index (χ3n) is 2.66. The number of benzene rings is 1. The van der Waals surface area contributed by atoms with E-state index in [0.29, 0.717) is 0 Å².